The zero-order valence-corrected chi connectivity index (χ0v) is 15.0. The molecule has 2 rings (SSSR count). The fraction of sp³-hybridized carbons (Fsp3) is 0.333. The van der Waals surface area contributed by atoms with Crippen LogP contribution in [0.3, 0.4) is 0 Å². The second-order valence-corrected chi connectivity index (χ2v) is 7.59. The predicted octanol–water partition coefficient (Wildman–Crippen LogP) is 4.14. The molecular weight excluding hydrogens is 359 g/mol. The third-order valence-corrected chi connectivity index (χ3v) is 5.47. The van der Waals surface area contributed by atoms with E-state index in [1.165, 1.54) is 12.1 Å². The van der Waals surface area contributed by atoms with Gasteiger partial charge in [0.15, 0.2) is 0 Å². The van der Waals surface area contributed by atoms with Gasteiger partial charge in [-0.2, -0.15) is 0 Å². The molecule has 0 aliphatic heterocycles. The van der Waals surface area contributed by atoms with E-state index >= 15 is 0 Å². The van der Waals surface area contributed by atoms with Gasteiger partial charge in [-0.3, -0.25) is 14.5 Å². The number of nitro groups is 1. The summed E-state index contributed by atoms with van der Waals surface area (Å²) in [6.45, 7) is -0.384. The average molecular weight is 380 g/mol. The lowest BCUT2D eigenvalue weighted by Gasteiger charge is -2.19. The summed E-state index contributed by atoms with van der Waals surface area (Å²) in [5.41, 5.74) is 0.646. The van der Waals surface area contributed by atoms with E-state index in [9.17, 15) is 22.9 Å². The van der Waals surface area contributed by atoms with E-state index in [1.807, 2.05) is 30.3 Å². The molecule has 2 aromatic carbocycles. The van der Waals surface area contributed by atoms with E-state index in [1.54, 1.807) is 0 Å². The molecule has 0 spiro atoms. The summed E-state index contributed by atoms with van der Waals surface area (Å²) < 4.78 is 40.2. The number of sulfonamides is 1. The Morgan fingerprint density at radius 2 is 1.65 bits per heavy atom. The summed E-state index contributed by atoms with van der Waals surface area (Å²) in [5.74, 6) is 0. The van der Waals surface area contributed by atoms with Crippen molar-refractivity contribution in [1.29, 1.82) is 0 Å². The molecule has 0 heterocycles. The first-order valence-electron chi connectivity index (χ1n) is 8.32. The van der Waals surface area contributed by atoms with Gasteiger partial charge < -0.3 is 0 Å². The van der Waals surface area contributed by atoms with Crippen LogP contribution in [-0.2, 0) is 10.0 Å². The summed E-state index contributed by atoms with van der Waals surface area (Å²) in [5, 5.41) is 10.7. The van der Waals surface area contributed by atoms with Gasteiger partial charge >= 0.3 is 0 Å². The number of halogens is 1. The maximum atomic E-state index is 12.6. The van der Waals surface area contributed by atoms with Crippen molar-refractivity contribution in [3.63, 3.8) is 0 Å². The molecule has 0 aliphatic carbocycles. The molecule has 26 heavy (non-hydrogen) atoms. The van der Waals surface area contributed by atoms with E-state index in [2.05, 4.69) is 4.72 Å². The van der Waals surface area contributed by atoms with Crippen LogP contribution in [0.4, 0.5) is 10.1 Å². The number of nitrogens with one attached hydrogen (secondary N) is 1. The zero-order valence-electron chi connectivity index (χ0n) is 14.2. The van der Waals surface area contributed by atoms with Crippen LogP contribution in [0.2, 0.25) is 0 Å². The second kappa shape index (κ2) is 9.40. The number of benzene rings is 2. The fourth-order valence-electron chi connectivity index (χ4n) is 2.60. The normalized spacial score (nSPS) is 12.7. The molecule has 0 aliphatic rings. The van der Waals surface area contributed by atoms with Gasteiger partial charge in [0.25, 0.3) is 5.69 Å². The van der Waals surface area contributed by atoms with Crippen molar-refractivity contribution in [2.45, 2.75) is 36.6 Å². The molecule has 140 valence electrons. The van der Waals surface area contributed by atoms with Crippen LogP contribution in [0.15, 0.2) is 59.5 Å². The standard InChI is InChI=1S/C18H21FN2O4S/c19-14-6-2-5-9-18(15-7-3-1-4-8-15)20-26(24,25)17-12-10-16(11-13-17)21(22)23/h1,3-4,7-8,10-13,18,20H,2,5-6,9,14H2. The van der Waals surface area contributed by atoms with Gasteiger partial charge in [0.05, 0.1) is 16.5 Å². The third-order valence-electron chi connectivity index (χ3n) is 3.98. The number of nitro benzene ring substituents is 1. The Morgan fingerprint density at radius 1 is 1.00 bits per heavy atom. The molecule has 1 atom stereocenters. The number of alkyl halides is 1. The number of non-ortho nitro benzene ring substituents is 1. The maximum absolute atomic E-state index is 12.6. The molecule has 0 aromatic heterocycles. The summed E-state index contributed by atoms with van der Waals surface area (Å²) in [6.07, 6.45) is 2.36. The lowest BCUT2D eigenvalue weighted by molar-refractivity contribution is -0.384. The van der Waals surface area contributed by atoms with Crippen molar-refractivity contribution in [1.82, 2.24) is 4.72 Å². The Hall–Kier alpha value is -2.32. The fourth-order valence-corrected chi connectivity index (χ4v) is 3.86. The van der Waals surface area contributed by atoms with Crippen molar-refractivity contribution in [2.24, 2.45) is 0 Å². The zero-order chi connectivity index (χ0) is 19.0. The molecule has 0 amide bonds. The van der Waals surface area contributed by atoms with E-state index < -0.39 is 21.0 Å². The van der Waals surface area contributed by atoms with Crippen molar-refractivity contribution < 1.29 is 17.7 Å². The van der Waals surface area contributed by atoms with Gasteiger partial charge in [-0.1, -0.05) is 43.2 Å². The SMILES string of the molecule is O=[N+]([O-])c1ccc(S(=O)(=O)NC(CCCCCF)c2ccccc2)cc1. The molecule has 0 bridgehead atoms. The Balaban J connectivity index is 2.18. The van der Waals surface area contributed by atoms with Crippen molar-refractivity contribution in [3.8, 4) is 0 Å². The highest BCUT2D eigenvalue weighted by molar-refractivity contribution is 7.89. The number of hydrogen-bond donors (Lipinski definition) is 1. The number of unbranched alkanes of at least 4 members (excludes halogenated alkanes) is 2. The van der Waals surface area contributed by atoms with Crippen LogP contribution in [-0.4, -0.2) is 20.0 Å². The van der Waals surface area contributed by atoms with E-state index in [4.69, 9.17) is 0 Å². The van der Waals surface area contributed by atoms with Crippen LogP contribution < -0.4 is 4.72 Å². The molecule has 0 saturated carbocycles. The minimum Gasteiger partial charge on any atom is -0.258 e. The Bertz CT molecular complexity index is 811. The average Bonchev–Trinajstić information content (AvgIpc) is 2.65. The van der Waals surface area contributed by atoms with Gasteiger partial charge in [0.2, 0.25) is 10.0 Å². The van der Waals surface area contributed by atoms with Gasteiger partial charge in [-0.25, -0.2) is 13.1 Å². The molecule has 8 heteroatoms. The Labute approximate surface area is 152 Å². The van der Waals surface area contributed by atoms with E-state index in [0.717, 1.165) is 17.7 Å². The first kappa shape index (κ1) is 20.0. The van der Waals surface area contributed by atoms with E-state index in [-0.39, 0.29) is 17.3 Å². The van der Waals surface area contributed by atoms with Crippen LogP contribution in [0.1, 0.15) is 37.3 Å². The van der Waals surface area contributed by atoms with Crippen molar-refractivity contribution in [2.75, 3.05) is 6.67 Å². The molecule has 1 unspecified atom stereocenters. The van der Waals surface area contributed by atoms with Crippen LogP contribution >= 0.6 is 0 Å². The monoisotopic (exact) mass is 380 g/mol. The van der Waals surface area contributed by atoms with Crippen LogP contribution in [0.25, 0.3) is 0 Å². The van der Waals surface area contributed by atoms with Gasteiger partial charge in [-0.05, 0) is 30.5 Å². The summed E-state index contributed by atoms with van der Waals surface area (Å²) in [6, 6.07) is 13.5. The van der Waals surface area contributed by atoms with Crippen LogP contribution in [0.5, 0.6) is 0 Å². The largest absolute Gasteiger partial charge is 0.269 e. The summed E-state index contributed by atoms with van der Waals surface area (Å²) in [4.78, 5) is 10.1. The summed E-state index contributed by atoms with van der Waals surface area (Å²) >= 11 is 0. The molecule has 0 saturated heterocycles. The molecule has 0 fully saturated rings. The molecule has 0 radical (unpaired) electrons. The highest BCUT2D eigenvalue weighted by Gasteiger charge is 2.22. The van der Waals surface area contributed by atoms with Crippen molar-refractivity contribution in [3.05, 3.63) is 70.3 Å². The predicted molar refractivity (Wildman–Crippen MR) is 97.0 cm³/mol. The molecule has 1 N–H and O–H groups in total. The maximum Gasteiger partial charge on any atom is 0.269 e. The topological polar surface area (TPSA) is 89.3 Å². The van der Waals surface area contributed by atoms with Crippen molar-refractivity contribution >= 4 is 15.7 Å². The molecule has 6 nitrogen and oxygen atoms in total. The summed E-state index contributed by atoms with van der Waals surface area (Å²) in [7, 11) is -3.84. The number of nitrogens with zero attached hydrogens (tertiary/aromatic N) is 1. The minimum absolute atomic E-state index is 0.0345. The molecular formula is C18H21FN2O4S. The Kier molecular flexibility index (Phi) is 7.23. The second-order valence-electron chi connectivity index (χ2n) is 5.87. The first-order valence-corrected chi connectivity index (χ1v) is 9.80. The number of rotatable bonds is 10. The lowest BCUT2D eigenvalue weighted by atomic mass is 10.0. The Morgan fingerprint density at radius 3 is 2.23 bits per heavy atom. The van der Waals surface area contributed by atoms with Crippen LogP contribution in [0, 0.1) is 10.1 Å². The molecule has 2 aromatic rings. The minimum atomic E-state index is -3.84. The highest BCUT2D eigenvalue weighted by Crippen LogP contribution is 2.24. The van der Waals surface area contributed by atoms with E-state index in [0.29, 0.717) is 25.7 Å². The quantitative estimate of drug-likeness (QED) is 0.381. The van der Waals surface area contributed by atoms with Gasteiger partial charge in [0.1, 0.15) is 0 Å². The number of hydrogen-bond acceptors (Lipinski definition) is 4. The lowest BCUT2D eigenvalue weighted by Crippen LogP contribution is -2.28. The third kappa shape index (κ3) is 5.60. The highest BCUT2D eigenvalue weighted by atomic mass is 32.2. The van der Waals surface area contributed by atoms with Gasteiger partial charge in [-0.15, -0.1) is 0 Å². The smallest absolute Gasteiger partial charge is 0.258 e. The first-order chi connectivity index (χ1) is 12.4. The van der Waals surface area contributed by atoms with Gasteiger partial charge in [0, 0.05) is 18.2 Å².